The number of hydrogen-bond acceptors (Lipinski definition) is 4. The Morgan fingerprint density at radius 3 is 2.48 bits per heavy atom. The van der Waals surface area contributed by atoms with Crippen molar-refractivity contribution >= 4 is 24.0 Å². The first-order chi connectivity index (χ1) is 10.3. The van der Waals surface area contributed by atoms with Crippen LogP contribution in [0.3, 0.4) is 0 Å². The molecule has 0 radical (unpaired) electrons. The molecule has 0 unspecified atom stereocenters. The van der Waals surface area contributed by atoms with Crippen LogP contribution in [0.5, 0.6) is 0 Å². The Morgan fingerprint density at radius 1 is 1.35 bits per heavy atom. The molecule has 0 heterocycles. The Bertz CT molecular complexity index is 560. The third-order valence-electron chi connectivity index (χ3n) is 4.53. The minimum absolute atomic E-state index is 0. The second-order valence-electron chi connectivity index (χ2n) is 6.45. The molecule has 1 aromatic carbocycles. The summed E-state index contributed by atoms with van der Waals surface area (Å²) < 4.78 is 0. The summed E-state index contributed by atoms with van der Waals surface area (Å²) in [6.07, 6.45) is 2.93. The highest BCUT2D eigenvalue weighted by atomic mass is 35.5. The average molecular weight is 342 g/mol. The third-order valence-corrected chi connectivity index (χ3v) is 4.53. The first kappa shape index (κ1) is 19.4. The van der Waals surface area contributed by atoms with Crippen LogP contribution in [0.1, 0.15) is 38.7 Å². The summed E-state index contributed by atoms with van der Waals surface area (Å²) in [5.74, 6) is 0.256. The lowest BCUT2D eigenvalue weighted by atomic mass is 9.90. The summed E-state index contributed by atoms with van der Waals surface area (Å²) in [5.41, 5.74) is 6.05. The summed E-state index contributed by atoms with van der Waals surface area (Å²) in [6.45, 7) is 4.34. The van der Waals surface area contributed by atoms with Crippen molar-refractivity contribution in [1.29, 1.82) is 0 Å². The van der Waals surface area contributed by atoms with Gasteiger partial charge in [-0.05, 0) is 56.8 Å². The zero-order valence-corrected chi connectivity index (χ0v) is 14.3. The van der Waals surface area contributed by atoms with Crippen LogP contribution in [0, 0.1) is 22.0 Å². The highest BCUT2D eigenvalue weighted by Gasteiger charge is 2.34. The second kappa shape index (κ2) is 7.75. The van der Waals surface area contributed by atoms with Crippen LogP contribution in [0.4, 0.5) is 5.69 Å². The van der Waals surface area contributed by atoms with Gasteiger partial charge in [0.05, 0.1) is 10.5 Å². The first-order valence-corrected chi connectivity index (χ1v) is 7.62. The minimum Gasteiger partial charge on any atom is -0.347 e. The zero-order valence-electron chi connectivity index (χ0n) is 13.5. The van der Waals surface area contributed by atoms with E-state index in [2.05, 4.69) is 5.32 Å². The lowest BCUT2D eigenvalue weighted by Gasteiger charge is -2.29. The molecule has 1 aromatic rings. The summed E-state index contributed by atoms with van der Waals surface area (Å²) in [5, 5.41) is 13.8. The molecule has 2 rings (SSSR count). The van der Waals surface area contributed by atoms with Gasteiger partial charge in [-0.15, -0.1) is 12.4 Å². The van der Waals surface area contributed by atoms with Crippen LogP contribution in [-0.2, 0) is 10.3 Å². The average Bonchev–Trinajstić information content (AvgIpc) is 2.95. The molecular weight excluding hydrogens is 318 g/mol. The summed E-state index contributed by atoms with van der Waals surface area (Å²) in [6, 6.07) is 6.30. The molecule has 0 bridgehead atoms. The lowest BCUT2D eigenvalue weighted by Crippen LogP contribution is -2.45. The first-order valence-electron chi connectivity index (χ1n) is 7.62. The van der Waals surface area contributed by atoms with Crippen LogP contribution in [0.2, 0.25) is 0 Å². The molecule has 7 heteroatoms. The second-order valence-corrected chi connectivity index (χ2v) is 6.45. The Hall–Kier alpha value is -1.66. The number of halogens is 1. The molecular formula is C16H24ClN3O3. The predicted octanol–water partition coefficient (Wildman–Crippen LogP) is 2.74. The van der Waals surface area contributed by atoms with Crippen molar-refractivity contribution in [3.63, 3.8) is 0 Å². The molecule has 0 saturated heterocycles. The fourth-order valence-corrected chi connectivity index (χ4v) is 3.14. The maximum absolute atomic E-state index is 12.5. The van der Waals surface area contributed by atoms with E-state index in [-0.39, 0.29) is 35.8 Å². The number of carbonyl (C=O) groups excluding carboxylic acids is 1. The normalized spacial score (nSPS) is 20.7. The topological polar surface area (TPSA) is 98.3 Å². The predicted molar refractivity (Wildman–Crippen MR) is 91.4 cm³/mol. The minimum atomic E-state index is -0.575. The molecule has 1 amide bonds. The number of nitro benzene ring substituents is 1. The molecule has 0 aromatic heterocycles. The lowest BCUT2D eigenvalue weighted by molar-refractivity contribution is -0.384. The number of amides is 1. The Kier molecular flexibility index (Phi) is 6.53. The van der Waals surface area contributed by atoms with Gasteiger partial charge in [0.1, 0.15) is 0 Å². The Balaban J connectivity index is 0.00000264. The molecule has 6 nitrogen and oxygen atoms in total. The van der Waals surface area contributed by atoms with E-state index in [1.54, 1.807) is 12.1 Å². The molecule has 2 atom stereocenters. The van der Waals surface area contributed by atoms with Crippen molar-refractivity contribution < 1.29 is 9.72 Å². The summed E-state index contributed by atoms with van der Waals surface area (Å²) in [7, 11) is 0. The van der Waals surface area contributed by atoms with Crippen LogP contribution in [-0.4, -0.2) is 17.4 Å². The molecule has 3 N–H and O–H groups in total. The van der Waals surface area contributed by atoms with Gasteiger partial charge in [0.15, 0.2) is 0 Å². The number of nitrogens with two attached hydrogens (primary N) is 1. The van der Waals surface area contributed by atoms with Crippen LogP contribution in [0.25, 0.3) is 0 Å². The van der Waals surface area contributed by atoms with Gasteiger partial charge >= 0.3 is 0 Å². The van der Waals surface area contributed by atoms with E-state index >= 15 is 0 Å². The van der Waals surface area contributed by atoms with Crippen molar-refractivity contribution in [3.8, 4) is 0 Å². The molecule has 128 valence electrons. The van der Waals surface area contributed by atoms with Crippen molar-refractivity contribution in [2.45, 2.75) is 38.6 Å². The van der Waals surface area contributed by atoms with Gasteiger partial charge in [0, 0.05) is 18.1 Å². The smallest absolute Gasteiger partial charge is 0.269 e. The van der Waals surface area contributed by atoms with Gasteiger partial charge < -0.3 is 11.1 Å². The highest BCUT2D eigenvalue weighted by molar-refractivity contribution is 5.85. The van der Waals surface area contributed by atoms with E-state index in [1.807, 2.05) is 13.8 Å². The maximum atomic E-state index is 12.5. The molecule has 1 aliphatic rings. The number of nitrogens with zero attached hydrogens (tertiary/aromatic N) is 1. The molecule has 0 spiro atoms. The fourth-order valence-electron chi connectivity index (χ4n) is 3.14. The fraction of sp³-hybridized carbons (Fsp3) is 0.562. The van der Waals surface area contributed by atoms with Gasteiger partial charge in [0.2, 0.25) is 5.91 Å². The quantitative estimate of drug-likeness (QED) is 0.635. The number of non-ortho nitro benzene ring substituents is 1. The van der Waals surface area contributed by atoms with Crippen LogP contribution in [0.15, 0.2) is 24.3 Å². The van der Waals surface area contributed by atoms with Gasteiger partial charge in [-0.3, -0.25) is 14.9 Å². The SMILES string of the molecule is CC(C)(NC(=O)[C@@H]1CCC[C@@H]1CN)c1ccc([N+](=O)[O-])cc1.Cl. The van der Waals surface area contributed by atoms with E-state index in [0.29, 0.717) is 6.54 Å². The van der Waals surface area contributed by atoms with Gasteiger partial charge in [-0.25, -0.2) is 0 Å². The molecule has 0 aliphatic heterocycles. The number of nitrogens with one attached hydrogen (secondary N) is 1. The number of rotatable bonds is 5. The standard InChI is InChI=1S/C16H23N3O3.ClH/c1-16(2,12-6-8-13(9-7-12)19(21)22)18-15(20)14-5-3-4-11(14)10-17;/h6-9,11,14H,3-5,10,17H2,1-2H3,(H,18,20);1H/t11-,14-;/m1./s1. The van der Waals surface area contributed by atoms with E-state index in [0.717, 1.165) is 24.8 Å². The summed E-state index contributed by atoms with van der Waals surface area (Å²) >= 11 is 0. The number of hydrogen-bond donors (Lipinski definition) is 2. The van der Waals surface area contributed by atoms with Crippen molar-refractivity contribution in [2.75, 3.05) is 6.54 Å². The van der Waals surface area contributed by atoms with Gasteiger partial charge in [-0.1, -0.05) is 6.42 Å². The number of benzene rings is 1. The Labute approximate surface area is 142 Å². The highest BCUT2D eigenvalue weighted by Crippen LogP contribution is 2.32. The molecule has 1 fully saturated rings. The van der Waals surface area contributed by atoms with Crippen LogP contribution < -0.4 is 11.1 Å². The largest absolute Gasteiger partial charge is 0.347 e. The van der Waals surface area contributed by atoms with E-state index in [1.165, 1.54) is 12.1 Å². The van der Waals surface area contributed by atoms with Crippen LogP contribution >= 0.6 is 12.4 Å². The molecule has 1 saturated carbocycles. The van der Waals surface area contributed by atoms with Crippen molar-refractivity contribution in [1.82, 2.24) is 5.32 Å². The van der Waals surface area contributed by atoms with Crippen molar-refractivity contribution in [3.05, 3.63) is 39.9 Å². The summed E-state index contributed by atoms with van der Waals surface area (Å²) in [4.78, 5) is 22.8. The third kappa shape index (κ3) is 4.42. The zero-order chi connectivity index (χ0) is 16.3. The van der Waals surface area contributed by atoms with E-state index < -0.39 is 10.5 Å². The van der Waals surface area contributed by atoms with E-state index in [4.69, 9.17) is 5.73 Å². The van der Waals surface area contributed by atoms with E-state index in [9.17, 15) is 14.9 Å². The molecule has 1 aliphatic carbocycles. The Morgan fingerprint density at radius 2 is 1.96 bits per heavy atom. The molecule has 23 heavy (non-hydrogen) atoms. The maximum Gasteiger partial charge on any atom is 0.269 e. The van der Waals surface area contributed by atoms with Gasteiger partial charge in [0.25, 0.3) is 5.69 Å². The van der Waals surface area contributed by atoms with Gasteiger partial charge in [-0.2, -0.15) is 0 Å². The number of carbonyl (C=O) groups is 1. The monoisotopic (exact) mass is 341 g/mol. The van der Waals surface area contributed by atoms with Crippen molar-refractivity contribution in [2.24, 2.45) is 17.6 Å². The number of nitro groups is 1.